The molecule has 0 saturated carbocycles. The Morgan fingerprint density at radius 3 is 2.33 bits per heavy atom. The smallest absolute Gasteiger partial charge is 0.158 e. The van der Waals surface area contributed by atoms with Gasteiger partial charge in [0.25, 0.3) is 0 Å². The number of ketones is 1. The second-order valence-corrected chi connectivity index (χ2v) is 5.61. The van der Waals surface area contributed by atoms with Gasteiger partial charge in [-0.3, -0.25) is 4.79 Å². The van der Waals surface area contributed by atoms with Crippen LogP contribution in [0.1, 0.15) is 64.2 Å². The van der Waals surface area contributed by atoms with E-state index in [1.54, 1.807) is 0 Å². The first-order valence-electron chi connectivity index (χ1n) is 7.61. The third-order valence-electron chi connectivity index (χ3n) is 3.94. The predicted octanol–water partition coefficient (Wildman–Crippen LogP) is 3.25. The van der Waals surface area contributed by atoms with Gasteiger partial charge in [0, 0.05) is 13.0 Å². The van der Waals surface area contributed by atoms with Crippen molar-refractivity contribution in [2.45, 2.75) is 76.4 Å². The lowest BCUT2D eigenvalue weighted by molar-refractivity contribution is -0.123. The van der Waals surface area contributed by atoms with Gasteiger partial charge in [0.1, 0.15) is 6.61 Å². The molecule has 0 aliphatic carbocycles. The largest absolute Gasteiger partial charge is 0.374 e. The van der Waals surface area contributed by atoms with Crippen molar-refractivity contribution in [3.8, 4) is 0 Å². The van der Waals surface area contributed by atoms with E-state index in [0.717, 1.165) is 12.8 Å². The molecule has 2 aliphatic heterocycles. The van der Waals surface area contributed by atoms with Gasteiger partial charge in [-0.25, -0.2) is 0 Å². The van der Waals surface area contributed by atoms with Crippen LogP contribution in [0.3, 0.4) is 0 Å². The van der Waals surface area contributed by atoms with E-state index in [2.05, 4.69) is 0 Å². The Bertz CT molecular complexity index is 252. The van der Waals surface area contributed by atoms with Gasteiger partial charge in [-0.1, -0.05) is 38.5 Å². The molecule has 0 aromatic carbocycles. The zero-order chi connectivity index (χ0) is 12.6. The van der Waals surface area contributed by atoms with E-state index in [0.29, 0.717) is 31.8 Å². The fraction of sp³-hybridized carbons (Fsp3) is 0.933. The van der Waals surface area contributed by atoms with Crippen LogP contribution in [0.25, 0.3) is 0 Å². The molecule has 2 atom stereocenters. The zero-order valence-corrected chi connectivity index (χ0v) is 11.4. The lowest BCUT2D eigenvalue weighted by atomic mass is 10.0. The van der Waals surface area contributed by atoms with E-state index in [1.807, 2.05) is 0 Å². The van der Waals surface area contributed by atoms with E-state index in [4.69, 9.17) is 9.47 Å². The van der Waals surface area contributed by atoms with Crippen LogP contribution in [0.4, 0.5) is 0 Å². The van der Waals surface area contributed by atoms with Crippen LogP contribution in [-0.2, 0) is 14.3 Å². The maximum absolute atomic E-state index is 11.5. The van der Waals surface area contributed by atoms with Crippen molar-refractivity contribution in [1.82, 2.24) is 0 Å². The number of hydrogen-bond donors (Lipinski definition) is 0. The first kappa shape index (κ1) is 14.0. The number of ether oxygens (including phenoxy) is 2. The summed E-state index contributed by atoms with van der Waals surface area (Å²) in [5.74, 6) is 0.260. The molecule has 0 radical (unpaired) electrons. The third kappa shape index (κ3) is 5.49. The highest BCUT2D eigenvalue weighted by Gasteiger charge is 2.37. The van der Waals surface area contributed by atoms with Gasteiger partial charge < -0.3 is 9.47 Å². The molecule has 3 nitrogen and oxygen atoms in total. The topological polar surface area (TPSA) is 38.8 Å². The predicted molar refractivity (Wildman–Crippen MR) is 70.7 cm³/mol. The highest BCUT2D eigenvalue weighted by atomic mass is 16.6. The van der Waals surface area contributed by atoms with Gasteiger partial charge in [0.05, 0.1) is 12.2 Å². The van der Waals surface area contributed by atoms with Crippen molar-refractivity contribution >= 4 is 5.78 Å². The number of rotatable bonds is 0. The minimum atomic E-state index is 0.260. The molecule has 2 fully saturated rings. The van der Waals surface area contributed by atoms with Crippen LogP contribution in [0.15, 0.2) is 0 Å². The highest BCUT2D eigenvalue weighted by molar-refractivity contribution is 5.79. The summed E-state index contributed by atoms with van der Waals surface area (Å²) in [5, 5.41) is 0. The number of carbonyl (C=O) groups excluding carboxylic acids is 1. The summed E-state index contributed by atoms with van der Waals surface area (Å²) in [6.07, 6.45) is 12.6. The Morgan fingerprint density at radius 1 is 0.833 bits per heavy atom. The number of epoxide rings is 1. The first-order valence-corrected chi connectivity index (χ1v) is 7.61. The number of hydrogen-bond acceptors (Lipinski definition) is 3. The quantitative estimate of drug-likeness (QED) is 0.623. The summed E-state index contributed by atoms with van der Waals surface area (Å²) in [7, 11) is 0. The monoisotopic (exact) mass is 254 g/mol. The van der Waals surface area contributed by atoms with E-state index >= 15 is 0 Å². The molecule has 104 valence electrons. The van der Waals surface area contributed by atoms with Gasteiger partial charge in [-0.05, 0) is 19.3 Å². The molecule has 2 aliphatic rings. The van der Waals surface area contributed by atoms with E-state index in [1.165, 1.54) is 44.9 Å². The molecule has 0 bridgehead atoms. The number of fused-ring (bicyclic) bond motifs is 1. The summed E-state index contributed by atoms with van der Waals surface area (Å²) in [6.45, 7) is 0.976. The fourth-order valence-electron chi connectivity index (χ4n) is 2.70. The highest BCUT2D eigenvalue weighted by Crippen LogP contribution is 2.30. The van der Waals surface area contributed by atoms with Gasteiger partial charge in [-0.2, -0.15) is 0 Å². The van der Waals surface area contributed by atoms with Crippen LogP contribution in [-0.4, -0.2) is 31.2 Å². The molecule has 0 unspecified atom stereocenters. The third-order valence-corrected chi connectivity index (χ3v) is 3.94. The average molecular weight is 254 g/mol. The molecule has 0 spiro atoms. The van der Waals surface area contributed by atoms with Crippen LogP contribution >= 0.6 is 0 Å². The van der Waals surface area contributed by atoms with Crippen molar-refractivity contribution in [3.05, 3.63) is 0 Å². The Balaban J connectivity index is 1.64. The Labute approximate surface area is 110 Å². The van der Waals surface area contributed by atoms with Crippen molar-refractivity contribution in [3.63, 3.8) is 0 Å². The fourth-order valence-corrected chi connectivity index (χ4v) is 2.70. The lowest BCUT2D eigenvalue weighted by Gasteiger charge is -2.04. The summed E-state index contributed by atoms with van der Waals surface area (Å²) in [6, 6.07) is 0. The van der Waals surface area contributed by atoms with Crippen molar-refractivity contribution < 1.29 is 14.3 Å². The minimum Gasteiger partial charge on any atom is -0.374 e. The summed E-state index contributed by atoms with van der Waals surface area (Å²) in [5.41, 5.74) is 0. The molecule has 2 rings (SSSR count). The first-order chi connectivity index (χ1) is 8.86. The molecule has 0 aromatic rings. The van der Waals surface area contributed by atoms with E-state index in [9.17, 15) is 4.79 Å². The van der Waals surface area contributed by atoms with Crippen LogP contribution in [0.5, 0.6) is 0 Å². The molecule has 0 amide bonds. The van der Waals surface area contributed by atoms with Crippen LogP contribution < -0.4 is 0 Å². The van der Waals surface area contributed by atoms with Crippen molar-refractivity contribution in [2.24, 2.45) is 0 Å². The lowest BCUT2D eigenvalue weighted by Crippen LogP contribution is -2.10. The molecule has 0 aromatic heterocycles. The normalized spacial score (nSPS) is 32.8. The second kappa shape index (κ2) is 7.90. The molecular weight excluding hydrogens is 228 g/mol. The molecule has 2 saturated heterocycles. The van der Waals surface area contributed by atoms with Crippen LogP contribution in [0.2, 0.25) is 0 Å². The maximum Gasteiger partial charge on any atom is 0.158 e. The number of carbonyl (C=O) groups is 1. The SMILES string of the molecule is O=C1CCCCCCCCC[C@H]2O[C@@H]2CCOC1. The Kier molecular flexibility index (Phi) is 6.15. The zero-order valence-electron chi connectivity index (χ0n) is 11.4. The van der Waals surface area contributed by atoms with Crippen molar-refractivity contribution in [1.29, 1.82) is 0 Å². The molecule has 3 heteroatoms. The molecular formula is C15H26O3. The van der Waals surface area contributed by atoms with Gasteiger partial charge in [-0.15, -0.1) is 0 Å². The summed E-state index contributed by atoms with van der Waals surface area (Å²) < 4.78 is 11.0. The maximum atomic E-state index is 11.5. The van der Waals surface area contributed by atoms with Crippen LogP contribution in [0, 0.1) is 0 Å². The number of Topliss-reactive ketones (excluding diaryl/α,β-unsaturated/α-hetero) is 1. The van der Waals surface area contributed by atoms with Gasteiger partial charge in [0.15, 0.2) is 5.78 Å². The van der Waals surface area contributed by atoms with Gasteiger partial charge in [0.2, 0.25) is 0 Å². The summed E-state index contributed by atoms with van der Waals surface area (Å²) in [4.78, 5) is 11.5. The second-order valence-electron chi connectivity index (χ2n) is 5.61. The Hall–Kier alpha value is -0.410. The van der Waals surface area contributed by atoms with Gasteiger partial charge >= 0.3 is 0 Å². The standard InChI is InChI=1S/C15H26O3/c16-13-8-6-4-2-1-3-5-7-9-14-15(18-14)10-11-17-12-13/h14-15H,1-12H2/t14-,15-/m1/s1. The van der Waals surface area contributed by atoms with Crippen molar-refractivity contribution in [2.75, 3.05) is 13.2 Å². The van der Waals surface area contributed by atoms with E-state index < -0.39 is 0 Å². The molecule has 0 N–H and O–H groups in total. The Morgan fingerprint density at radius 2 is 1.50 bits per heavy atom. The molecule has 18 heavy (non-hydrogen) atoms. The molecule has 2 heterocycles. The summed E-state index contributed by atoms with van der Waals surface area (Å²) >= 11 is 0. The van der Waals surface area contributed by atoms with E-state index in [-0.39, 0.29) is 5.78 Å². The minimum absolute atomic E-state index is 0.260. The average Bonchev–Trinajstić information content (AvgIpc) is 3.10.